The lowest BCUT2D eigenvalue weighted by molar-refractivity contribution is -0.192. The highest BCUT2D eigenvalue weighted by Gasteiger charge is 2.55. The fraction of sp³-hybridized carbons (Fsp3) is 0.316. The SMILES string of the molecule is C[C@@H](NC(=O)N1C(=O)[C@H](Cc2cnc(N)s2)[C@H]1C(=O)O)c1ccccc1.O=C(O)C(F)(F)F. The number of carbonyl (C=O) groups excluding carboxylic acids is 2. The molecule has 1 aliphatic rings. The van der Waals surface area contributed by atoms with Crippen LogP contribution >= 0.6 is 11.3 Å². The van der Waals surface area contributed by atoms with Crippen molar-refractivity contribution in [3.8, 4) is 0 Å². The first-order chi connectivity index (χ1) is 15.3. The van der Waals surface area contributed by atoms with Crippen molar-refractivity contribution >= 4 is 40.3 Å². The summed E-state index contributed by atoms with van der Waals surface area (Å²) in [6, 6.07) is 6.95. The molecule has 1 aromatic carbocycles. The number of alkyl halides is 3. The van der Waals surface area contributed by atoms with Gasteiger partial charge in [-0.3, -0.25) is 4.79 Å². The molecule has 3 rings (SSSR count). The van der Waals surface area contributed by atoms with E-state index in [0.29, 0.717) is 10.0 Å². The number of β-lactam (4-membered cyclic amide) rings is 1. The largest absolute Gasteiger partial charge is 0.490 e. The van der Waals surface area contributed by atoms with Gasteiger partial charge in [0.1, 0.15) is 0 Å². The molecule has 2 aromatic rings. The maximum Gasteiger partial charge on any atom is 0.490 e. The molecule has 1 fully saturated rings. The average Bonchev–Trinajstić information content (AvgIpc) is 3.14. The van der Waals surface area contributed by atoms with Crippen LogP contribution in [0.1, 0.15) is 23.4 Å². The Labute approximate surface area is 188 Å². The normalized spacial score (nSPS) is 18.4. The Bertz CT molecular complexity index is 1030. The van der Waals surface area contributed by atoms with Gasteiger partial charge in [-0.1, -0.05) is 30.3 Å². The van der Waals surface area contributed by atoms with E-state index < -0.39 is 42.0 Å². The number of carbonyl (C=O) groups is 4. The number of nitrogens with two attached hydrogens (primary N) is 1. The number of halogens is 3. The number of nitrogens with zero attached hydrogens (tertiary/aromatic N) is 2. The van der Waals surface area contributed by atoms with E-state index in [9.17, 15) is 32.7 Å². The van der Waals surface area contributed by atoms with E-state index in [1.807, 2.05) is 30.3 Å². The number of benzene rings is 1. The molecule has 0 bridgehead atoms. The molecule has 33 heavy (non-hydrogen) atoms. The number of nitrogens with one attached hydrogen (secondary N) is 1. The minimum atomic E-state index is -5.08. The lowest BCUT2D eigenvalue weighted by Gasteiger charge is -2.43. The van der Waals surface area contributed by atoms with Crippen molar-refractivity contribution in [2.75, 3.05) is 5.73 Å². The molecule has 2 heterocycles. The zero-order valence-electron chi connectivity index (χ0n) is 16.9. The second-order valence-electron chi connectivity index (χ2n) is 6.85. The van der Waals surface area contributed by atoms with Gasteiger partial charge in [0.05, 0.1) is 12.0 Å². The molecular weight excluding hydrogens is 469 g/mol. The van der Waals surface area contributed by atoms with E-state index in [1.165, 1.54) is 17.5 Å². The first kappa shape index (κ1) is 25.6. The molecule has 0 aliphatic carbocycles. The monoisotopic (exact) mass is 488 g/mol. The van der Waals surface area contributed by atoms with Crippen molar-refractivity contribution in [3.63, 3.8) is 0 Å². The third-order valence-corrected chi connectivity index (χ3v) is 5.41. The number of nitrogen functional groups attached to an aromatic ring is 1. The van der Waals surface area contributed by atoms with Crippen molar-refractivity contribution in [2.45, 2.75) is 31.6 Å². The van der Waals surface area contributed by atoms with Crippen LogP contribution in [0.3, 0.4) is 0 Å². The molecule has 178 valence electrons. The lowest BCUT2D eigenvalue weighted by atomic mass is 9.84. The van der Waals surface area contributed by atoms with Crippen LogP contribution in [-0.2, 0) is 20.8 Å². The summed E-state index contributed by atoms with van der Waals surface area (Å²) in [6.07, 6.45) is -3.37. The predicted octanol–water partition coefficient (Wildman–Crippen LogP) is 2.28. The highest BCUT2D eigenvalue weighted by molar-refractivity contribution is 7.15. The van der Waals surface area contributed by atoms with E-state index in [0.717, 1.165) is 10.5 Å². The zero-order valence-corrected chi connectivity index (χ0v) is 17.8. The topological polar surface area (TPSA) is 163 Å². The molecular formula is C19H19F3N4O6S. The summed E-state index contributed by atoms with van der Waals surface area (Å²) in [4.78, 5) is 50.7. The highest BCUT2D eigenvalue weighted by atomic mass is 32.1. The van der Waals surface area contributed by atoms with E-state index in [-0.39, 0.29) is 12.5 Å². The molecule has 3 atom stereocenters. The summed E-state index contributed by atoms with van der Waals surface area (Å²) in [7, 11) is 0. The van der Waals surface area contributed by atoms with Crippen LogP contribution < -0.4 is 11.1 Å². The van der Waals surface area contributed by atoms with Crippen LogP contribution in [-0.4, -0.2) is 56.2 Å². The molecule has 14 heteroatoms. The number of urea groups is 1. The van der Waals surface area contributed by atoms with Gasteiger partial charge in [0.15, 0.2) is 11.2 Å². The first-order valence-electron chi connectivity index (χ1n) is 9.24. The summed E-state index contributed by atoms with van der Waals surface area (Å²) in [5.41, 5.74) is 6.42. The summed E-state index contributed by atoms with van der Waals surface area (Å²) in [5.74, 6) is -5.28. The number of amides is 3. The Morgan fingerprint density at radius 1 is 1.24 bits per heavy atom. The van der Waals surface area contributed by atoms with Gasteiger partial charge >= 0.3 is 24.1 Å². The molecule has 1 aromatic heterocycles. The summed E-state index contributed by atoms with van der Waals surface area (Å²) in [6.45, 7) is 1.77. The second kappa shape index (κ2) is 10.3. The number of aliphatic carboxylic acids is 2. The van der Waals surface area contributed by atoms with E-state index >= 15 is 0 Å². The molecule has 0 saturated carbocycles. The molecule has 3 amide bonds. The third-order valence-electron chi connectivity index (χ3n) is 4.56. The Morgan fingerprint density at radius 2 is 1.82 bits per heavy atom. The van der Waals surface area contributed by atoms with E-state index in [2.05, 4.69) is 10.3 Å². The third kappa shape index (κ3) is 6.41. The number of carboxylic acid groups (broad SMARTS) is 2. The molecule has 0 radical (unpaired) electrons. The number of hydrogen-bond donors (Lipinski definition) is 4. The van der Waals surface area contributed by atoms with Crippen LogP contribution in [0, 0.1) is 5.92 Å². The number of thiazole rings is 1. The van der Waals surface area contributed by atoms with Crippen LogP contribution in [0.15, 0.2) is 36.5 Å². The molecule has 5 N–H and O–H groups in total. The number of carboxylic acids is 2. The first-order valence-corrected chi connectivity index (χ1v) is 10.1. The van der Waals surface area contributed by atoms with Crippen LogP contribution in [0.5, 0.6) is 0 Å². The van der Waals surface area contributed by atoms with Crippen molar-refractivity contribution < 1.29 is 42.6 Å². The van der Waals surface area contributed by atoms with Crippen LogP contribution in [0.25, 0.3) is 0 Å². The smallest absolute Gasteiger partial charge is 0.480 e. The molecule has 0 spiro atoms. The van der Waals surface area contributed by atoms with Crippen molar-refractivity contribution in [3.05, 3.63) is 47.0 Å². The van der Waals surface area contributed by atoms with Gasteiger partial charge in [0.25, 0.3) is 0 Å². The van der Waals surface area contributed by atoms with Gasteiger partial charge in [-0.15, -0.1) is 11.3 Å². The van der Waals surface area contributed by atoms with Gasteiger partial charge in [-0.2, -0.15) is 13.2 Å². The summed E-state index contributed by atoms with van der Waals surface area (Å²) < 4.78 is 31.7. The van der Waals surface area contributed by atoms with Crippen LogP contribution in [0.4, 0.5) is 23.1 Å². The van der Waals surface area contributed by atoms with Gasteiger partial charge in [-0.05, 0) is 18.9 Å². The van der Waals surface area contributed by atoms with Gasteiger partial charge in [-0.25, -0.2) is 24.3 Å². The van der Waals surface area contributed by atoms with Crippen molar-refractivity contribution in [1.29, 1.82) is 0 Å². The maximum atomic E-state index is 12.4. The number of imide groups is 1. The minimum absolute atomic E-state index is 0.197. The molecule has 1 aliphatic heterocycles. The number of likely N-dealkylation sites (tertiary alicyclic amines) is 1. The quantitative estimate of drug-likeness (QED) is 0.466. The van der Waals surface area contributed by atoms with E-state index in [1.54, 1.807) is 6.92 Å². The zero-order chi connectivity index (χ0) is 24.9. The number of hydrogen-bond acceptors (Lipinski definition) is 7. The van der Waals surface area contributed by atoms with Gasteiger partial charge < -0.3 is 21.3 Å². The Morgan fingerprint density at radius 3 is 2.27 bits per heavy atom. The summed E-state index contributed by atoms with van der Waals surface area (Å²) in [5, 5.41) is 19.6. The number of aromatic nitrogens is 1. The molecule has 10 nitrogen and oxygen atoms in total. The van der Waals surface area contributed by atoms with Crippen LogP contribution in [0.2, 0.25) is 0 Å². The molecule has 1 saturated heterocycles. The van der Waals surface area contributed by atoms with E-state index in [4.69, 9.17) is 15.6 Å². The fourth-order valence-corrected chi connectivity index (χ4v) is 3.71. The van der Waals surface area contributed by atoms with Crippen molar-refractivity contribution in [1.82, 2.24) is 15.2 Å². The predicted molar refractivity (Wildman–Crippen MR) is 109 cm³/mol. The standard InChI is InChI=1S/C17H18N4O4S.C2HF3O2/c1-9(10-5-3-2-4-6-10)20-17(25)21-13(15(23)24)12(14(21)22)7-11-8-19-16(18)26-11;3-2(4,5)1(6)7/h2-6,8-9,12-13H,7H2,1H3,(H2,18,19)(H,20,25)(H,23,24);(H,6,7)/t9-,12-,13+;/m1./s1. The Balaban J connectivity index is 0.000000479. The van der Waals surface area contributed by atoms with Gasteiger partial charge in [0.2, 0.25) is 5.91 Å². The highest BCUT2D eigenvalue weighted by Crippen LogP contribution is 2.32. The Hall–Kier alpha value is -3.68. The maximum absolute atomic E-state index is 12.4. The molecule has 0 unspecified atom stereocenters. The Kier molecular flexibility index (Phi) is 7.98. The van der Waals surface area contributed by atoms with Crippen molar-refractivity contribution in [2.24, 2.45) is 5.92 Å². The second-order valence-corrected chi connectivity index (χ2v) is 8.00. The lowest BCUT2D eigenvalue weighted by Crippen LogP contribution is -2.68. The number of rotatable bonds is 5. The van der Waals surface area contributed by atoms with Gasteiger partial charge in [0, 0.05) is 11.1 Å². The number of anilines is 1. The fourth-order valence-electron chi connectivity index (χ4n) is 2.97. The average molecular weight is 488 g/mol. The minimum Gasteiger partial charge on any atom is -0.480 e. The summed E-state index contributed by atoms with van der Waals surface area (Å²) >= 11 is 1.20.